The van der Waals surface area contributed by atoms with Gasteiger partial charge < -0.3 is 5.32 Å². The highest BCUT2D eigenvalue weighted by Gasteiger charge is 2.14. The molecular formula is C22H25N3O2S. The molecule has 0 aliphatic rings. The Bertz CT molecular complexity index is 1100. The van der Waals surface area contributed by atoms with Crippen LogP contribution in [0.15, 0.2) is 46.3 Å². The molecule has 3 aromatic rings. The van der Waals surface area contributed by atoms with Crippen LogP contribution >= 0.6 is 11.8 Å². The number of anilines is 1. The lowest BCUT2D eigenvalue weighted by Gasteiger charge is -2.16. The van der Waals surface area contributed by atoms with Crippen molar-refractivity contribution in [3.05, 3.63) is 63.4 Å². The highest BCUT2D eigenvalue weighted by atomic mass is 32.2. The van der Waals surface area contributed by atoms with Crippen molar-refractivity contribution in [3.63, 3.8) is 0 Å². The number of amides is 1. The van der Waals surface area contributed by atoms with E-state index in [1.54, 1.807) is 7.05 Å². The van der Waals surface area contributed by atoms with E-state index in [0.717, 1.165) is 22.4 Å². The molecule has 1 amide bonds. The van der Waals surface area contributed by atoms with Gasteiger partial charge in [0, 0.05) is 12.7 Å². The Morgan fingerprint density at radius 2 is 1.96 bits per heavy atom. The van der Waals surface area contributed by atoms with E-state index in [-0.39, 0.29) is 17.2 Å². The molecule has 0 fully saturated rings. The first-order valence-corrected chi connectivity index (χ1v) is 10.3. The standard InChI is InChI=1S/C22H25N3O2S/c1-13(2)16-8-6-7-15(4)20(16)24-19(26)12-28-22-23-18-10-9-14(3)11-17(18)21(27)25(22)5/h6-11,13H,12H2,1-5H3,(H,24,26). The summed E-state index contributed by atoms with van der Waals surface area (Å²) in [5, 5.41) is 4.16. The topological polar surface area (TPSA) is 64.0 Å². The van der Waals surface area contributed by atoms with Crippen LogP contribution < -0.4 is 10.9 Å². The Morgan fingerprint density at radius 1 is 1.21 bits per heavy atom. The second-order valence-corrected chi connectivity index (χ2v) is 8.25. The van der Waals surface area contributed by atoms with Gasteiger partial charge in [-0.25, -0.2) is 4.98 Å². The number of hydrogen-bond donors (Lipinski definition) is 1. The lowest BCUT2D eigenvalue weighted by atomic mass is 9.98. The number of thioether (sulfide) groups is 1. The minimum Gasteiger partial charge on any atom is -0.325 e. The highest BCUT2D eigenvalue weighted by molar-refractivity contribution is 7.99. The van der Waals surface area contributed by atoms with Crippen LogP contribution in [0.4, 0.5) is 5.69 Å². The summed E-state index contributed by atoms with van der Waals surface area (Å²) in [6, 6.07) is 11.7. The van der Waals surface area contributed by atoms with E-state index in [4.69, 9.17) is 0 Å². The van der Waals surface area contributed by atoms with E-state index in [1.165, 1.54) is 16.3 Å². The third-order valence-electron chi connectivity index (χ3n) is 4.71. The average molecular weight is 396 g/mol. The molecule has 0 atom stereocenters. The molecule has 146 valence electrons. The van der Waals surface area contributed by atoms with Crippen LogP contribution in [0.3, 0.4) is 0 Å². The fourth-order valence-corrected chi connectivity index (χ4v) is 3.91. The summed E-state index contributed by atoms with van der Waals surface area (Å²) in [6.07, 6.45) is 0. The molecule has 1 aromatic heterocycles. The van der Waals surface area contributed by atoms with Gasteiger partial charge in [0.25, 0.3) is 5.56 Å². The minimum absolute atomic E-state index is 0.0994. The minimum atomic E-state index is -0.112. The van der Waals surface area contributed by atoms with Gasteiger partial charge in [0.2, 0.25) is 5.91 Å². The van der Waals surface area contributed by atoms with Crippen LogP contribution in [0.1, 0.15) is 36.5 Å². The summed E-state index contributed by atoms with van der Waals surface area (Å²) in [6.45, 7) is 8.15. The van der Waals surface area contributed by atoms with Crippen molar-refractivity contribution in [2.75, 3.05) is 11.1 Å². The van der Waals surface area contributed by atoms with Crippen LogP contribution in [0.5, 0.6) is 0 Å². The third-order valence-corrected chi connectivity index (χ3v) is 5.74. The van der Waals surface area contributed by atoms with Gasteiger partial charge in [-0.1, -0.05) is 55.4 Å². The molecule has 0 aliphatic heterocycles. The van der Waals surface area contributed by atoms with Gasteiger partial charge in [-0.2, -0.15) is 0 Å². The zero-order valence-corrected chi connectivity index (χ0v) is 17.7. The zero-order chi connectivity index (χ0) is 20.4. The van der Waals surface area contributed by atoms with Crippen molar-refractivity contribution < 1.29 is 4.79 Å². The number of para-hydroxylation sites is 1. The van der Waals surface area contributed by atoms with Crippen molar-refractivity contribution in [1.82, 2.24) is 9.55 Å². The number of carbonyl (C=O) groups is 1. The van der Waals surface area contributed by atoms with Gasteiger partial charge in [-0.15, -0.1) is 0 Å². The smallest absolute Gasteiger partial charge is 0.261 e. The third kappa shape index (κ3) is 4.12. The van der Waals surface area contributed by atoms with Gasteiger partial charge in [-0.05, 0) is 43.0 Å². The van der Waals surface area contributed by atoms with Gasteiger partial charge in [0.1, 0.15) is 0 Å². The molecule has 1 heterocycles. The number of nitrogens with zero attached hydrogens (tertiary/aromatic N) is 2. The second-order valence-electron chi connectivity index (χ2n) is 7.31. The summed E-state index contributed by atoms with van der Waals surface area (Å²) in [5.41, 5.74) is 4.60. The van der Waals surface area contributed by atoms with Gasteiger partial charge in [0.15, 0.2) is 5.16 Å². The quantitative estimate of drug-likeness (QED) is 0.514. The molecule has 5 nitrogen and oxygen atoms in total. The summed E-state index contributed by atoms with van der Waals surface area (Å²) in [4.78, 5) is 29.7. The van der Waals surface area contributed by atoms with Gasteiger partial charge in [-0.3, -0.25) is 14.2 Å². The van der Waals surface area contributed by atoms with Gasteiger partial charge >= 0.3 is 0 Å². The maximum absolute atomic E-state index is 12.6. The highest BCUT2D eigenvalue weighted by Crippen LogP contribution is 2.28. The molecule has 0 unspecified atom stereocenters. The maximum Gasteiger partial charge on any atom is 0.261 e. The molecule has 2 aromatic carbocycles. The first-order chi connectivity index (χ1) is 13.3. The molecule has 0 bridgehead atoms. The Balaban J connectivity index is 1.80. The van der Waals surface area contributed by atoms with Crippen LogP contribution in [-0.2, 0) is 11.8 Å². The summed E-state index contributed by atoms with van der Waals surface area (Å²) in [5.74, 6) is 0.387. The SMILES string of the molecule is Cc1ccc2nc(SCC(=O)Nc3c(C)cccc3C(C)C)n(C)c(=O)c2c1. The van der Waals surface area contributed by atoms with Crippen molar-refractivity contribution in [1.29, 1.82) is 0 Å². The zero-order valence-electron chi connectivity index (χ0n) is 16.9. The average Bonchev–Trinajstić information content (AvgIpc) is 2.65. The first-order valence-electron chi connectivity index (χ1n) is 9.27. The molecule has 3 rings (SSSR count). The number of aryl methyl sites for hydroxylation is 2. The van der Waals surface area contributed by atoms with Crippen molar-refractivity contribution in [2.24, 2.45) is 7.05 Å². The number of fused-ring (bicyclic) bond motifs is 1. The van der Waals surface area contributed by atoms with Crippen molar-refractivity contribution >= 4 is 34.3 Å². The lowest BCUT2D eigenvalue weighted by molar-refractivity contribution is -0.113. The second kappa shape index (κ2) is 8.19. The predicted molar refractivity (Wildman–Crippen MR) is 116 cm³/mol. The van der Waals surface area contributed by atoms with E-state index in [9.17, 15) is 9.59 Å². The normalized spacial score (nSPS) is 11.2. The Morgan fingerprint density at radius 3 is 2.68 bits per heavy atom. The molecule has 0 aliphatic carbocycles. The number of nitrogens with one attached hydrogen (secondary N) is 1. The summed E-state index contributed by atoms with van der Waals surface area (Å²) < 4.78 is 1.51. The fourth-order valence-electron chi connectivity index (χ4n) is 3.14. The number of benzene rings is 2. The van der Waals surface area contributed by atoms with Crippen molar-refractivity contribution in [3.8, 4) is 0 Å². The van der Waals surface area contributed by atoms with Crippen LogP contribution in [0.2, 0.25) is 0 Å². The Kier molecular flexibility index (Phi) is 5.89. The Labute approximate surface area is 169 Å². The molecule has 0 radical (unpaired) electrons. The number of aromatic nitrogens is 2. The maximum atomic E-state index is 12.6. The molecule has 0 spiro atoms. The fraction of sp³-hybridized carbons (Fsp3) is 0.318. The van der Waals surface area contributed by atoms with E-state index in [1.807, 2.05) is 50.2 Å². The first kappa shape index (κ1) is 20.1. The summed E-state index contributed by atoms with van der Waals surface area (Å²) in [7, 11) is 1.69. The van der Waals surface area contributed by atoms with E-state index < -0.39 is 0 Å². The number of carbonyl (C=O) groups excluding carboxylic acids is 1. The Hall–Kier alpha value is -2.60. The summed E-state index contributed by atoms with van der Waals surface area (Å²) >= 11 is 1.27. The molecular weight excluding hydrogens is 370 g/mol. The van der Waals surface area contributed by atoms with E-state index in [2.05, 4.69) is 24.1 Å². The number of hydrogen-bond acceptors (Lipinski definition) is 4. The molecule has 0 saturated heterocycles. The lowest BCUT2D eigenvalue weighted by Crippen LogP contribution is -2.22. The van der Waals surface area contributed by atoms with E-state index >= 15 is 0 Å². The molecule has 6 heteroatoms. The number of rotatable bonds is 5. The van der Waals surface area contributed by atoms with Crippen LogP contribution in [0.25, 0.3) is 10.9 Å². The largest absolute Gasteiger partial charge is 0.325 e. The molecule has 28 heavy (non-hydrogen) atoms. The van der Waals surface area contributed by atoms with Crippen LogP contribution in [-0.4, -0.2) is 21.2 Å². The molecule has 0 saturated carbocycles. The van der Waals surface area contributed by atoms with Crippen LogP contribution in [0, 0.1) is 13.8 Å². The predicted octanol–water partition coefficient (Wildman–Crippen LogP) is 4.40. The van der Waals surface area contributed by atoms with E-state index in [0.29, 0.717) is 22.0 Å². The van der Waals surface area contributed by atoms with Crippen molar-refractivity contribution in [2.45, 2.75) is 38.8 Å². The molecule has 1 N–H and O–H groups in total. The van der Waals surface area contributed by atoms with Gasteiger partial charge in [0.05, 0.1) is 16.7 Å². The monoisotopic (exact) mass is 395 g/mol.